The van der Waals surface area contributed by atoms with Gasteiger partial charge in [-0.1, -0.05) is 19.1 Å². The molecular weight excluding hydrogens is 120 g/mol. The molecule has 0 atom stereocenters. The molecule has 4 N–H and O–H groups in total. The van der Waals surface area contributed by atoms with E-state index in [0.29, 0.717) is 4.99 Å². The number of hydrogen-bond acceptors (Lipinski definition) is 2. The molecular formula is C5H10N2S. The molecule has 0 unspecified atom stereocenters. The van der Waals surface area contributed by atoms with Crippen molar-refractivity contribution in [1.82, 2.24) is 0 Å². The van der Waals surface area contributed by atoms with Crippen molar-refractivity contribution in [2.24, 2.45) is 11.5 Å². The van der Waals surface area contributed by atoms with Crippen molar-refractivity contribution in [3.8, 4) is 0 Å². The minimum Gasteiger partial charge on any atom is -0.402 e. The van der Waals surface area contributed by atoms with Crippen LogP contribution in [0, 0.1) is 0 Å². The Kier molecular flexibility index (Phi) is 3.19. The minimum absolute atomic E-state index is 0.351. The first-order chi connectivity index (χ1) is 3.66. The summed E-state index contributed by atoms with van der Waals surface area (Å²) >= 11 is 4.56. The molecule has 0 radical (unpaired) electrons. The van der Waals surface area contributed by atoms with Crippen molar-refractivity contribution >= 4 is 17.2 Å². The van der Waals surface area contributed by atoms with Crippen LogP contribution in [-0.4, -0.2) is 4.99 Å². The highest BCUT2D eigenvalue weighted by Crippen LogP contribution is 1.88. The number of rotatable bonds is 2. The van der Waals surface area contributed by atoms with Crippen LogP contribution in [0.4, 0.5) is 0 Å². The monoisotopic (exact) mass is 130 g/mol. The molecule has 2 nitrogen and oxygen atoms in total. The zero-order valence-corrected chi connectivity index (χ0v) is 5.66. The van der Waals surface area contributed by atoms with Crippen LogP contribution in [0.5, 0.6) is 0 Å². The van der Waals surface area contributed by atoms with Crippen molar-refractivity contribution < 1.29 is 0 Å². The highest BCUT2D eigenvalue weighted by atomic mass is 32.1. The molecule has 0 aliphatic rings. The number of hydrogen-bond donors (Lipinski definition) is 2. The van der Waals surface area contributed by atoms with Crippen LogP contribution < -0.4 is 11.5 Å². The van der Waals surface area contributed by atoms with Gasteiger partial charge in [-0.15, -0.1) is 0 Å². The van der Waals surface area contributed by atoms with Crippen LogP contribution in [0.15, 0.2) is 11.8 Å². The summed E-state index contributed by atoms with van der Waals surface area (Å²) in [7, 11) is 0. The van der Waals surface area contributed by atoms with E-state index in [-0.39, 0.29) is 0 Å². The molecule has 0 amide bonds. The Morgan fingerprint density at radius 1 is 1.62 bits per heavy atom. The maximum absolute atomic E-state index is 5.37. The number of allylic oxidation sites excluding steroid dienone is 1. The molecule has 3 heteroatoms. The standard InChI is InChI=1S/C5H10N2S/c1-2-4(6)3-5(7)8/h3H,2,6H2,1H3,(H2,7,8)/b4-3+. The van der Waals surface area contributed by atoms with Gasteiger partial charge in [-0.25, -0.2) is 0 Å². The van der Waals surface area contributed by atoms with Crippen LogP contribution >= 0.6 is 12.2 Å². The quantitative estimate of drug-likeness (QED) is 0.423. The van der Waals surface area contributed by atoms with Crippen LogP contribution in [0.2, 0.25) is 0 Å². The highest BCUT2D eigenvalue weighted by Gasteiger charge is 1.83. The van der Waals surface area contributed by atoms with Crippen molar-refractivity contribution in [3.05, 3.63) is 11.8 Å². The Morgan fingerprint density at radius 3 is 2.25 bits per heavy atom. The third-order valence-corrected chi connectivity index (χ3v) is 0.854. The van der Waals surface area contributed by atoms with Crippen molar-refractivity contribution in [1.29, 1.82) is 0 Å². The Balaban J connectivity index is 3.75. The molecule has 8 heavy (non-hydrogen) atoms. The fraction of sp³-hybridized carbons (Fsp3) is 0.400. The molecule has 0 rings (SSSR count). The molecule has 0 spiro atoms. The van der Waals surface area contributed by atoms with E-state index >= 15 is 0 Å². The average molecular weight is 130 g/mol. The summed E-state index contributed by atoms with van der Waals surface area (Å²) in [5.41, 5.74) is 11.2. The first-order valence-corrected chi connectivity index (χ1v) is 2.83. The molecule has 46 valence electrons. The molecule has 0 saturated heterocycles. The SMILES string of the molecule is CC/C(N)=C\C(N)=S. The van der Waals surface area contributed by atoms with E-state index in [2.05, 4.69) is 12.2 Å². The Bertz CT molecular complexity index is 118. The Labute approximate surface area is 54.5 Å². The average Bonchev–Trinajstić information content (AvgIpc) is 1.65. The molecule has 0 saturated carbocycles. The van der Waals surface area contributed by atoms with E-state index in [1.54, 1.807) is 6.08 Å². The summed E-state index contributed by atoms with van der Waals surface area (Å²) in [5.74, 6) is 0. The molecule has 0 heterocycles. The lowest BCUT2D eigenvalue weighted by Crippen LogP contribution is -2.07. The van der Waals surface area contributed by atoms with E-state index in [4.69, 9.17) is 11.5 Å². The van der Waals surface area contributed by atoms with Gasteiger partial charge in [0.05, 0.1) is 4.99 Å². The molecule has 0 aliphatic carbocycles. The van der Waals surface area contributed by atoms with Gasteiger partial charge in [0.2, 0.25) is 0 Å². The van der Waals surface area contributed by atoms with E-state index in [9.17, 15) is 0 Å². The van der Waals surface area contributed by atoms with Gasteiger partial charge in [0.1, 0.15) is 0 Å². The lowest BCUT2D eigenvalue weighted by Gasteiger charge is -1.91. The molecule has 0 aromatic heterocycles. The fourth-order valence-corrected chi connectivity index (χ4v) is 0.436. The predicted molar refractivity (Wildman–Crippen MR) is 39.3 cm³/mol. The van der Waals surface area contributed by atoms with Gasteiger partial charge >= 0.3 is 0 Å². The Hall–Kier alpha value is -0.570. The highest BCUT2D eigenvalue weighted by molar-refractivity contribution is 7.80. The van der Waals surface area contributed by atoms with Gasteiger partial charge in [-0.05, 0) is 12.5 Å². The van der Waals surface area contributed by atoms with Crippen molar-refractivity contribution in [2.45, 2.75) is 13.3 Å². The van der Waals surface area contributed by atoms with Gasteiger partial charge in [0.15, 0.2) is 0 Å². The van der Waals surface area contributed by atoms with E-state index in [1.807, 2.05) is 6.92 Å². The number of nitrogens with two attached hydrogens (primary N) is 2. The van der Waals surface area contributed by atoms with Gasteiger partial charge in [-0.3, -0.25) is 0 Å². The van der Waals surface area contributed by atoms with E-state index in [0.717, 1.165) is 12.1 Å². The maximum atomic E-state index is 5.37. The molecule has 0 bridgehead atoms. The first-order valence-electron chi connectivity index (χ1n) is 2.42. The minimum atomic E-state index is 0.351. The lowest BCUT2D eigenvalue weighted by molar-refractivity contribution is 1.07. The second kappa shape index (κ2) is 3.43. The summed E-state index contributed by atoms with van der Waals surface area (Å²) in [6, 6.07) is 0. The first kappa shape index (κ1) is 7.43. The van der Waals surface area contributed by atoms with Crippen molar-refractivity contribution in [2.75, 3.05) is 0 Å². The summed E-state index contributed by atoms with van der Waals surface area (Å²) < 4.78 is 0. The second-order valence-corrected chi connectivity index (χ2v) is 1.95. The molecule has 0 aromatic rings. The van der Waals surface area contributed by atoms with Gasteiger partial charge < -0.3 is 11.5 Å². The van der Waals surface area contributed by atoms with Crippen LogP contribution in [0.25, 0.3) is 0 Å². The molecule has 0 aliphatic heterocycles. The maximum Gasteiger partial charge on any atom is 0.0979 e. The lowest BCUT2D eigenvalue weighted by atomic mass is 10.3. The third kappa shape index (κ3) is 3.61. The van der Waals surface area contributed by atoms with E-state index < -0.39 is 0 Å². The largest absolute Gasteiger partial charge is 0.402 e. The predicted octanol–water partition coefficient (Wildman–Crippen LogP) is 0.525. The van der Waals surface area contributed by atoms with Gasteiger partial charge in [-0.2, -0.15) is 0 Å². The summed E-state index contributed by atoms with van der Waals surface area (Å²) in [4.78, 5) is 0.351. The second-order valence-electron chi connectivity index (χ2n) is 1.48. The van der Waals surface area contributed by atoms with Crippen LogP contribution in [-0.2, 0) is 0 Å². The summed E-state index contributed by atoms with van der Waals surface area (Å²) in [6.07, 6.45) is 2.40. The van der Waals surface area contributed by atoms with Crippen molar-refractivity contribution in [3.63, 3.8) is 0 Å². The zero-order chi connectivity index (χ0) is 6.57. The smallest absolute Gasteiger partial charge is 0.0979 e. The molecule has 0 fully saturated rings. The summed E-state index contributed by atoms with van der Waals surface area (Å²) in [6.45, 7) is 1.95. The van der Waals surface area contributed by atoms with Gasteiger partial charge in [0, 0.05) is 5.70 Å². The van der Waals surface area contributed by atoms with E-state index in [1.165, 1.54) is 0 Å². The number of thiocarbonyl (C=S) groups is 1. The fourth-order valence-electron chi connectivity index (χ4n) is 0.285. The zero-order valence-electron chi connectivity index (χ0n) is 4.85. The summed E-state index contributed by atoms with van der Waals surface area (Å²) in [5, 5.41) is 0. The normalized spacial score (nSPS) is 11.4. The van der Waals surface area contributed by atoms with Crippen LogP contribution in [0.1, 0.15) is 13.3 Å². The topological polar surface area (TPSA) is 52.0 Å². The Morgan fingerprint density at radius 2 is 2.12 bits per heavy atom. The molecule has 0 aromatic carbocycles. The van der Waals surface area contributed by atoms with Gasteiger partial charge in [0.25, 0.3) is 0 Å². The third-order valence-electron chi connectivity index (χ3n) is 0.736. The van der Waals surface area contributed by atoms with Crippen LogP contribution in [0.3, 0.4) is 0 Å².